The van der Waals surface area contributed by atoms with Gasteiger partial charge in [-0.05, 0) is 47.5 Å². The molecule has 0 bridgehead atoms. The van der Waals surface area contributed by atoms with Crippen molar-refractivity contribution in [1.82, 2.24) is 0 Å². The van der Waals surface area contributed by atoms with E-state index in [1.54, 1.807) is 18.2 Å². The second-order valence-electron chi connectivity index (χ2n) is 4.31. The molecule has 0 aliphatic rings. The molecule has 0 spiro atoms. The lowest BCUT2D eigenvalue weighted by atomic mass is 10.1. The third-order valence-electron chi connectivity index (χ3n) is 2.60. The molecule has 2 aromatic rings. The van der Waals surface area contributed by atoms with Gasteiger partial charge in [0, 0.05) is 16.7 Å². The molecule has 0 atom stereocenters. The van der Waals surface area contributed by atoms with Crippen LogP contribution in [0.3, 0.4) is 0 Å². The first-order valence-electron chi connectivity index (χ1n) is 6.12. The van der Waals surface area contributed by atoms with Crippen LogP contribution in [-0.2, 0) is 10.5 Å². The zero-order valence-electron chi connectivity index (χ0n) is 10.9. The highest BCUT2D eigenvalue weighted by Crippen LogP contribution is 2.24. The summed E-state index contributed by atoms with van der Waals surface area (Å²) >= 11 is 1.38. The predicted molar refractivity (Wildman–Crippen MR) is 79.0 cm³/mol. The summed E-state index contributed by atoms with van der Waals surface area (Å²) in [5, 5.41) is 8.57. The van der Waals surface area contributed by atoms with E-state index < -0.39 is 11.8 Å². The Kier molecular flexibility index (Phi) is 5.11. The van der Waals surface area contributed by atoms with Gasteiger partial charge in [-0.15, -0.1) is 11.8 Å². The van der Waals surface area contributed by atoms with Crippen molar-refractivity contribution >= 4 is 23.8 Å². The molecule has 0 aliphatic carbocycles. The van der Waals surface area contributed by atoms with Crippen LogP contribution in [0.25, 0.3) is 6.08 Å². The average molecular weight is 306 g/mol. The fraction of sp³-hybridized carbons (Fsp3) is 0.0625. The number of rotatable bonds is 5. The van der Waals surface area contributed by atoms with Crippen molar-refractivity contribution in [3.05, 3.63) is 71.3 Å². The van der Waals surface area contributed by atoms with E-state index in [0.29, 0.717) is 16.9 Å². The minimum Gasteiger partial charge on any atom is -0.478 e. The number of halogens is 2. The van der Waals surface area contributed by atoms with Crippen LogP contribution < -0.4 is 0 Å². The topological polar surface area (TPSA) is 37.3 Å². The molecule has 0 fully saturated rings. The lowest BCUT2D eigenvalue weighted by Crippen LogP contribution is -1.89. The number of hydrogen-bond acceptors (Lipinski definition) is 2. The molecule has 0 unspecified atom stereocenters. The number of aliphatic carboxylic acids is 1. The largest absolute Gasteiger partial charge is 0.478 e. The Bertz CT molecular complexity index is 684. The van der Waals surface area contributed by atoms with Gasteiger partial charge in [-0.3, -0.25) is 0 Å². The Morgan fingerprint density at radius 3 is 2.67 bits per heavy atom. The third kappa shape index (κ3) is 5.04. The van der Waals surface area contributed by atoms with E-state index in [1.165, 1.54) is 42.1 Å². The van der Waals surface area contributed by atoms with Gasteiger partial charge in [0.15, 0.2) is 0 Å². The van der Waals surface area contributed by atoms with Crippen molar-refractivity contribution in [3.63, 3.8) is 0 Å². The lowest BCUT2D eigenvalue weighted by molar-refractivity contribution is -0.131. The van der Waals surface area contributed by atoms with Crippen LogP contribution in [0.15, 0.2) is 53.4 Å². The van der Waals surface area contributed by atoms with Gasteiger partial charge in [-0.25, -0.2) is 13.6 Å². The molecule has 108 valence electrons. The molecule has 0 heterocycles. The molecule has 0 saturated carbocycles. The van der Waals surface area contributed by atoms with Crippen LogP contribution in [0.4, 0.5) is 8.78 Å². The van der Waals surface area contributed by atoms with Crippen LogP contribution in [0.1, 0.15) is 11.1 Å². The van der Waals surface area contributed by atoms with Gasteiger partial charge in [0.05, 0.1) is 0 Å². The van der Waals surface area contributed by atoms with Gasteiger partial charge < -0.3 is 5.11 Å². The van der Waals surface area contributed by atoms with Crippen molar-refractivity contribution in [2.75, 3.05) is 0 Å². The minimum atomic E-state index is -1.09. The van der Waals surface area contributed by atoms with E-state index in [9.17, 15) is 13.6 Å². The molecule has 0 saturated heterocycles. The van der Waals surface area contributed by atoms with E-state index in [4.69, 9.17) is 5.11 Å². The second kappa shape index (κ2) is 7.04. The smallest absolute Gasteiger partial charge is 0.328 e. The summed E-state index contributed by atoms with van der Waals surface area (Å²) in [7, 11) is 0. The Hall–Kier alpha value is -2.14. The highest BCUT2D eigenvalue weighted by Gasteiger charge is 2.02. The molecule has 2 nitrogen and oxygen atoms in total. The maximum Gasteiger partial charge on any atom is 0.328 e. The van der Waals surface area contributed by atoms with Crippen LogP contribution in [-0.4, -0.2) is 11.1 Å². The van der Waals surface area contributed by atoms with Gasteiger partial charge in [0.2, 0.25) is 0 Å². The van der Waals surface area contributed by atoms with E-state index in [0.717, 1.165) is 11.0 Å². The fourth-order valence-electron chi connectivity index (χ4n) is 1.75. The molecule has 2 aromatic carbocycles. The van der Waals surface area contributed by atoms with Crippen molar-refractivity contribution < 1.29 is 18.7 Å². The molecular formula is C16H12F2O2S. The van der Waals surface area contributed by atoms with Gasteiger partial charge >= 0.3 is 5.97 Å². The molecule has 1 N–H and O–H groups in total. The first kappa shape index (κ1) is 15.3. The predicted octanol–water partition coefficient (Wildman–Crippen LogP) is 4.35. The summed E-state index contributed by atoms with van der Waals surface area (Å²) in [4.78, 5) is 11.2. The zero-order chi connectivity index (χ0) is 15.2. The first-order chi connectivity index (χ1) is 10.0. The summed E-state index contributed by atoms with van der Waals surface area (Å²) in [6.07, 6.45) is 2.29. The Balaban J connectivity index is 2.11. The van der Waals surface area contributed by atoms with Crippen molar-refractivity contribution in [3.8, 4) is 0 Å². The Labute approximate surface area is 125 Å². The van der Waals surface area contributed by atoms with Crippen LogP contribution in [0, 0.1) is 11.6 Å². The number of thioether (sulfide) groups is 1. The standard InChI is InChI=1S/C16H12F2O2S/c17-13-2-1-3-15(9-13)21-10-12-6-11(4-5-16(19)20)7-14(18)8-12/h1-9H,10H2,(H,19,20)/b5-4+. The quantitative estimate of drug-likeness (QED) is 0.659. The SMILES string of the molecule is O=C(O)/C=C/c1cc(F)cc(CSc2cccc(F)c2)c1. The monoisotopic (exact) mass is 306 g/mol. The zero-order valence-corrected chi connectivity index (χ0v) is 11.7. The summed E-state index contributed by atoms with van der Waals surface area (Å²) in [5.41, 5.74) is 1.18. The Morgan fingerprint density at radius 1 is 1.14 bits per heavy atom. The maximum atomic E-state index is 13.5. The van der Waals surface area contributed by atoms with Crippen molar-refractivity contribution in [1.29, 1.82) is 0 Å². The normalized spacial score (nSPS) is 11.0. The van der Waals surface area contributed by atoms with E-state index in [2.05, 4.69) is 0 Å². The van der Waals surface area contributed by atoms with Gasteiger partial charge in [-0.2, -0.15) is 0 Å². The van der Waals surface area contributed by atoms with Gasteiger partial charge in [0.1, 0.15) is 11.6 Å². The lowest BCUT2D eigenvalue weighted by Gasteiger charge is -2.04. The summed E-state index contributed by atoms with van der Waals surface area (Å²) in [6.45, 7) is 0. The fourth-order valence-corrected chi connectivity index (χ4v) is 2.62. The minimum absolute atomic E-state index is 0.315. The molecule has 2 rings (SSSR count). The molecule has 21 heavy (non-hydrogen) atoms. The van der Waals surface area contributed by atoms with Crippen molar-refractivity contribution in [2.45, 2.75) is 10.6 Å². The van der Waals surface area contributed by atoms with Gasteiger partial charge in [0.25, 0.3) is 0 Å². The highest BCUT2D eigenvalue weighted by atomic mass is 32.2. The second-order valence-corrected chi connectivity index (χ2v) is 5.36. The summed E-state index contributed by atoms with van der Waals surface area (Å²) in [6, 6.07) is 10.5. The summed E-state index contributed by atoms with van der Waals surface area (Å²) in [5.74, 6) is -1.37. The van der Waals surface area contributed by atoms with Crippen LogP contribution >= 0.6 is 11.8 Å². The molecule has 0 aromatic heterocycles. The van der Waals surface area contributed by atoms with Gasteiger partial charge in [-0.1, -0.05) is 12.1 Å². The third-order valence-corrected chi connectivity index (χ3v) is 3.66. The van der Waals surface area contributed by atoms with E-state index in [1.807, 2.05) is 0 Å². The van der Waals surface area contributed by atoms with Crippen LogP contribution in [0.2, 0.25) is 0 Å². The van der Waals surface area contributed by atoms with Crippen LogP contribution in [0.5, 0.6) is 0 Å². The maximum absolute atomic E-state index is 13.5. The molecule has 5 heteroatoms. The molecular weight excluding hydrogens is 294 g/mol. The molecule has 0 amide bonds. The number of carboxylic acids is 1. The summed E-state index contributed by atoms with van der Waals surface area (Å²) < 4.78 is 26.6. The van der Waals surface area contributed by atoms with Crippen molar-refractivity contribution in [2.24, 2.45) is 0 Å². The van der Waals surface area contributed by atoms with E-state index in [-0.39, 0.29) is 5.82 Å². The highest BCUT2D eigenvalue weighted by molar-refractivity contribution is 7.98. The molecule has 0 aliphatic heterocycles. The number of carboxylic acid groups (broad SMARTS) is 1. The number of benzene rings is 2. The first-order valence-corrected chi connectivity index (χ1v) is 7.10. The number of carbonyl (C=O) groups is 1. The average Bonchev–Trinajstić information content (AvgIpc) is 2.43. The van der Waals surface area contributed by atoms with E-state index >= 15 is 0 Å². The Morgan fingerprint density at radius 2 is 1.95 bits per heavy atom. The number of hydrogen-bond donors (Lipinski definition) is 1. The molecule has 0 radical (unpaired) electrons.